The lowest BCUT2D eigenvalue weighted by molar-refractivity contribution is 0.194. The third-order valence-electron chi connectivity index (χ3n) is 2.99. The summed E-state index contributed by atoms with van der Waals surface area (Å²) in [6, 6.07) is 5.60. The minimum atomic E-state index is -0.616. The van der Waals surface area contributed by atoms with Gasteiger partial charge in [0.15, 0.2) is 0 Å². The van der Waals surface area contributed by atoms with E-state index in [1.807, 2.05) is 37.1 Å². The van der Waals surface area contributed by atoms with Crippen molar-refractivity contribution >= 4 is 5.69 Å². The van der Waals surface area contributed by atoms with Crippen LogP contribution in [0.1, 0.15) is 25.5 Å². The number of aliphatic hydroxyl groups is 2. The second-order valence-corrected chi connectivity index (χ2v) is 4.21. The number of benzene rings is 1. The highest BCUT2D eigenvalue weighted by Crippen LogP contribution is 2.34. The standard InChI is InChI=1S/C13H21NO3/c1-9(8-15)14(3)11-6-5-7-12(17-4)13(11)10(2)16/h5-7,9-10,15-16H,8H2,1-4H3/t9?,10-/m1/s1. The molecular weight excluding hydrogens is 218 g/mol. The molecule has 0 saturated heterocycles. The van der Waals surface area contributed by atoms with Crippen molar-refractivity contribution in [2.24, 2.45) is 0 Å². The summed E-state index contributed by atoms with van der Waals surface area (Å²) in [4.78, 5) is 1.94. The SMILES string of the molecule is COc1cccc(N(C)C(C)CO)c1[C@@H](C)O. The Bertz CT molecular complexity index is 366. The Morgan fingerprint density at radius 2 is 2.00 bits per heavy atom. The molecule has 0 aliphatic carbocycles. The molecule has 0 bridgehead atoms. The molecule has 1 unspecified atom stereocenters. The molecule has 0 amide bonds. The Morgan fingerprint density at radius 1 is 1.35 bits per heavy atom. The highest BCUT2D eigenvalue weighted by molar-refractivity contribution is 5.60. The first kappa shape index (κ1) is 13.8. The van der Waals surface area contributed by atoms with Crippen molar-refractivity contribution in [3.05, 3.63) is 23.8 Å². The van der Waals surface area contributed by atoms with Crippen LogP contribution in [0.2, 0.25) is 0 Å². The topological polar surface area (TPSA) is 52.9 Å². The number of nitrogens with zero attached hydrogens (tertiary/aromatic N) is 1. The maximum atomic E-state index is 9.85. The third kappa shape index (κ3) is 2.90. The smallest absolute Gasteiger partial charge is 0.126 e. The van der Waals surface area contributed by atoms with E-state index >= 15 is 0 Å². The predicted molar refractivity (Wildman–Crippen MR) is 68.6 cm³/mol. The first-order valence-corrected chi connectivity index (χ1v) is 5.71. The summed E-state index contributed by atoms with van der Waals surface area (Å²) in [5, 5.41) is 19.0. The van der Waals surface area contributed by atoms with Crippen LogP contribution in [0.4, 0.5) is 5.69 Å². The second kappa shape index (κ2) is 5.89. The van der Waals surface area contributed by atoms with E-state index in [1.54, 1.807) is 14.0 Å². The monoisotopic (exact) mass is 239 g/mol. The first-order chi connectivity index (χ1) is 8.02. The van der Waals surface area contributed by atoms with Gasteiger partial charge in [-0.3, -0.25) is 0 Å². The van der Waals surface area contributed by atoms with Crippen LogP contribution >= 0.6 is 0 Å². The molecule has 0 heterocycles. The Labute approximate surface area is 102 Å². The zero-order valence-corrected chi connectivity index (χ0v) is 10.8. The maximum Gasteiger partial charge on any atom is 0.126 e. The third-order valence-corrected chi connectivity index (χ3v) is 2.99. The van der Waals surface area contributed by atoms with Gasteiger partial charge in [-0.05, 0) is 26.0 Å². The van der Waals surface area contributed by atoms with Crippen molar-refractivity contribution in [2.75, 3.05) is 25.7 Å². The molecule has 0 fully saturated rings. The van der Waals surface area contributed by atoms with Crippen LogP contribution in [0, 0.1) is 0 Å². The molecule has 0 radical (unpaired) electrons. The van der Waals surface area contributed by atoms with Gasteiger partial charge in [0.2, 0.25) is 0 Å². The molecule has 2 atom stereocenters. The summed E-state index contributed by atoms with van der Waals surface area (Å²) >= 11 is 0. The lowest BCUT2D eigenvalue weighted by Crippen LogP contribution is -2.32. The summed E-state index contributed by atoms with van der Waals surface area (Å²) in [5.41, 5.74) is 1.62. The van der Waals surface area contributed by atoms with Gasteiger partial charge in [0.1, 0.15) is 5.75 Å². The van der Waals surface area contributed by atoms with E-state index in [4.69, 9.17) is 4.74 Å². The second-order valence-electron chi connectivity index (χ2n) is 4.21. The van der Waals surface area contributed by atoms with Crippen molar-refractivity contribution in [3.63, 3.8) is 0 Å². The highest BCUT2D eigenvalue weighted by atomic mass is 16.5. The van der Waals surface area contributed by atoms with Crippen LogP contribution in [-0.4, -0.2) is 37.0 Å². The van der Waals surface area contributed by atoms with Gasteiger partial charge in [0.25, 0.3) is 0 Å². The maximum absolute atomic E-state index is 9.85. The zero-order chi connectivity index (χ0) is 13.0. The van der Waals surface area contributed by atoms with Gasteiger partial charge < -0.3 is 19.8 Å². The molecule has 4 heteroatoms. The molecule has 1 aromatic rings. The van der Waals surface area contributed by atoms with Gasteiger partial charge in [-0.15, -0.1) is 0 Å². The summed E-state index contributed by atoms with van der Waals surface area (Å²) in [6.45, 7) is 3.69. The zero-order valence-electron chi connectivity index (χ0n) is 10.8. The first-order valence-electron chi connectivity index (χ1n) is 5.71. The van der Waals surface area contributed by atoms with Crippen molar-refractivity contribution in [3.8, 4) is 5.75 Å². The highest BCUT2D eigenvalue weighted by Gasteiger charge is 2.19. The van der Waals surface area contributed by atoms with E-state index in [2.05, 4.69) is 0 Å². The molecule has 4 nitrogen and oxygen atoms in total. The Balaban J connectivity index is 3.22. The fourth-order valence-corrected chi connectivity index (χ4v) is 1.80. The molecule has 96 valence electrons. The lowest BCUT2D eigenvalue weighted by atomic mass is 10.0. The molecule has 0 aliphatic heterocycles. The molecule has 0 saturated carbocycles. The van der Waals surface area contributed by atoms with Gasteiger partial charge in [0.05, 0.1) is 19.8 Å². The molecule has 0 aromatic heterocycles. The Hall–Kier alpha value is -1.26. The number of likely N-dealkylation sites (N-methyl/N-ethyl adjacent to an activating group) is 1. The number of aliphatic hydroxyl groups excluding tert-OH is 2. The number of hydrogen-bond donors (Lipinski definition) is 2. The van der Waals surface area contributed by atoms with Gasteiger partial charge in [-0.25, -0.2) is 0 Å². The van der Waals surface area contributed by atoms with Gasteiger partial charge in [-0.2, -0.15) is 0 Å². The van der Waals surface area contributed by atoms with Crippen molar-refractivity contribution in [1.82, 2.24) is 0 Å². The Kier molecular flexibility index (Phi) is 4.78. The molecule has 2 N–H and O–H groups in total. The summed E-state index contributed by atoms with van der Waals surface area (Å²) in [5.74, 6) is 0.662. The Morgan fingerprint density at radius 3 is 2.47 bits per heavy atom. The molecule has 0 spiro atoms. The largest absolute Gasteiger partial charge is 0.496 e. The van der Waals surface area contributed by atoms with Crippen LogP contribution in [0.5, 0.6) is 5.75 Å². The molecule has 17 heavy (non-hydrogen) atoms. The van der Waals surface area contributed by atoms with Crippen LogP contribution in [0.25, 0.3) is 0 Å². The lowest BCUT2D eigenvalue weighted by Gasteiger charge is -2.29. The van der Waals surface area contributed by atoms with Crippen LogP contribution in [0.3, 0.4) is 0 Å². The average molecular weight is 239 g/mol. The molecule has 0 aliphatic rings. The van der Waals surface area contributed by atoms with E-state index in [0.717, 1.165) is 11.3 Å². The normalized spacial score (nSPS) is 14.2. The number of rotatable bonds is 5. The number of methoxy groups -OCH3 is 1. The van der Waals surface area contributed by atoms with Crippen molar-refractivity contribution < 1.29 is 14.9 Å². The van der Waals surface area contributed by atoms with E-state index in [1.165, 1.54) is 0 Å². The average Bonchev–Trinajstić information content (AvgIpc) is 2.35. The summed E-state index contributed by atoms with van der Waals surface area (Å²) < 4.78 is 5.26. The van der Waals surface area contributed by atoms with E-state index in [-0.39, 0.29) is 12.6 Å². The number of hydrogen-bond acceptors (Lipinski definition) is 4. The van der Waals surface area contributed by atoms with E-state index in [9.17, 15) is 10.2 Å². The number of anilines is 1. The van der Waals surface area contributed by atoms with Gasteiger partial charge in [-0.1, -0.05) is 6.07 Å². The molecule has 1 aromatic carbocycles. The fraction of sp³-hybridized carbons (Fsp3) is 0.538. The minimum absolute atomic E-state index is 0.0143. The van der Waals surface area contributed by atoms with Crippen LogP contribution in [0.15, 0.2) is 18.2 Å². The summed E-state index contributed by atoms with van der Waals surface area (Å²) in [7, 11) is 3.47. The molecular formula is C13H21NO3. The van der Waals surface area contributed by atoms with Gasteiger partial charge >= 0.3 is 0 Å². The fourth-order valence-electron chi connectivity index (χ4n) is 1.80. The minimum Gasteiger partial charge on any atom is -0.496 e. The van der Waals surface area contributed by atoms with Gasteiger partial charge in [0, 0.05) is 24.3 Å². The van der Waals surface area contributed by atoms with Crippen LogP contribution < -0.4 is 9.64 Å². The van der Waals surface area contributed by atoms with Crippen LogP contribution in [-0.2, 0) is 0 Å². The summed E-state index contributed by atoms with van der Waals surface area (Å²) in [6.07, 6.45) is -0.616. The van der Waals surface area contributed by atoms with E-state index in [0.29, 0.717) is 5.75 Å². The van der Waals surface area contributed by atoms with Crippen molar-refractivity contribution in [1.29, 1.82) is 0 Å². The van der Waals surface area contributed by atoms with Crippen molar-refractivity contribution in [2.45, 2.75) is 26.0 Å². The molecule has 1 rings (SSSR count). The predicted octanol–water partition coefficient (Wildman–Crippen LogP) is 1.57. The van der Waals surface area contributed by atoms with E-state index < -0.39 is 6.10 Å². The quantitative estimate of drug-likeness (QED) is 0.819. The number of ether oxygens (including phenoxy) is 1.